The Hall–Kier alpha value is -1.74. The number of phenols is 1. The molecule has 0 radical (unpaired) electrons. The Labute approximate surface area is 134 Å². The van der Waals surface area contributed by atoms with Gasteiger partial charge in [0.05, 0.1) is 50.6 Å². The zero-order chi connectivity index (χ0) is 16.5. The predicted octanol–water partition coefficient (Wildman–Crippen LogP) is 1.17. The fourth-order valence-corrected chi connectivity index (χ4v) is 2.24. The molecule has 0 aromatic heterocycles. The number of hydrogen-bond acceptors (Lipinski definition) is 7. The number of nitro groups is 1. The van der Waals surface area contributed by atoms with Gasteiger partial charge < -0.3 is 19.3 Å². The van der Waals surface area contributed by atoms with Gasteiger partial charge in [0.15, 0.2) is 0 Å². The van der Waals surface area contributed by atoms with Crippen LogP contribution in [0.25, 0.3) is 0 Å². The summed E-state index contributed by atoms with van der Waals surface area (Å²) < 4.78 is 16.3. The van der Waals surface area contributed by atoms with Crippen molar-refractivity contribution in [3.63, 3.8) is 0 Å². The topological polar surface area (TPSA) is 94.3 Å². The standard InChI is InChI=1S/C15H22N2O6/c18-15-11-14(17(19)20)2-1-13(15)12-16-3-5-21-7-9-23-10-8-22-6-4-16/h1-2,11,18H,3-10,12H2. The van der Waals surface area contributed by atoms with Crippen molar-refractivity contribution < 1.29 is 24.2 Å². The van der Waals surface area contributed by atoms with Crippen LogP contribution in [0.15, 0.2) is 18.2 Å². The molecule has 0 saturated carbocycles. The van der Waals surface area contributed by atoms with Crippen LogP contribution in [0.1, 0.15) is 5.56 Å². The van der Waals surface area contributed by atoms with Crippen LogP contribution >= 0.6 is 0 Å². The van der Waals surface area contributed by atoms with E-state index in [1.54, 1.807) is 6.07 Å². The number of aromatic hydroxyl groups is 1. The van der Waals surface area contributed by atoms with E-state index in [0.717, 1.165) is 0 Å². The van der Waals surface area contributed by atoms with E-state index >= 15 is 0 Å². The normalized spacial score (nSPS) is 18.8. The molecule has 0 spiro atoms. The van der Waals surface area contributed by atoms with Gasteiger partial charge in [-0.25, -0.2) is 0 Å². The molecule has 1 fully saturated rings. The first kappa shape index (κ1) is 17.6. The number of benzene rings is 1. The number of ether oxygens (including phenoxy) is 3. The van der Waals surface area contributed by atoms with Crippen molar-refractivity contribution in [2.45, 2.75) is 6.54 Å². The molecule has 0 amide bonds. The third kappa shape index (κ3) is 6.11. The summed E-state index contributed by atoms with van der Waals surface area (Å²) in [7, 11) is 0. The van der Waals surface area contributed by atoms with Crippen LogP contribution in [0.5, 0.6) is 5.75 Å². The van der Waals surface area contributed by atoms with Crippen LogP contribution in [0.3, 0.4) is 0 Å². The first-order valence-electron chi connectivity index (χ1n) is 7.58. The minimum atomic E-state index is -0.524. The molecule has 1 aromatic carbocycles. The van der Waals surface area contributed by atoms with E-state index in [2.05, 4.69) is 4.90 Å². The van der Waals surface area contributed by atoms with Gasteiger partial charge in [-0.05, 0) is 6.07 Å². The third-order valence-corrected chi connectivity index (χ3v) is 3.52. The number of non-ortho nitro benzene ring substituents is 1. The van der Waals surface area contributed by atoms with Crippen molar-refractivity contribution in [1.29, 1.82) is 0 Å². The largest absolute Gasteiger partial charge is 0.507 e. The average molecular weight is 326 g/mol. The molecule has 128 valence electrons. The van der Waals surface area contributed by atoms with Crippen molar-refractivity contribution in [3.8, 4) is 5.75 Å². The summed E-state index contributed by atoms with van der Waals surface area (Å²) in [6.07, 6.45) is 0. The highest BCUT2D eigenvalue weighted by Crippen LogP contribution is 2.24. The number of nitrogens with zero attached hydrogens (tertiary/aromatic N) is 2. The summed E-state index contributed by atoms with van der Waals surface area (Å²) >= 11 is 0. The molecule has 1 aliphatic heterocycles. The van der Waals surface area contributed by atoms with Crippen LogP contribution in [-0.4, -0.2) is 67.7 Å². The van der Waals surface area contributed by atoms with Crippen LogP contribution in [0.4, 0.5) is 5.69 Å². The van der Waals surface area contributed by atoms with E-state index in [9.17, 15) is 15.2 Å². The first-order valence-corrected chi connectivity index (χ1v) is 7.58. The fraction of sp³-hybridized carbons (Fsp3) is 0.600. The second-order valence-electron chi connectivity index (χ2n) is 5.18. The molecule has 0 unspecified atom stereocenters. The van der Waals surface area contributed by atoms with Crippen molar-refractivity contribution >= 4 is 5.69 Å². The second kappa shape index (κ2) is 9.41. The number of phenolic OH excluding ortho intramolecular Hbond substituents is 1. The van der Waals surface area contributed by atoms with Crippen molar-refractivity contribution in [2.24, 2.45) is 0 Å². The molecule has 1 heterocycles. The van der Waals surface area contributed by atoms with Gasteiger partial charge in [0.2, 0.25) is 0 Å². The summed E-state index contributed by atoms with van der Waals surface area (Å²) in [6, 6.07) is 4.16. The minimum absolute atomic E-state index is 0.0689. The Bertz CT molecular complexity index is 499. The van der Waals surface area contributed by atoms with Crippen LogP contribution in [0.2, 0.25) is 0 Å². The van der Waals surface area contributed by atoms with Crippen molar-refractivity contribution in [2.75, 3.05) is 52.7 Å². The maximum atomic E-state index is 10.7. The van der Waals surface area contributed by atoms with Gasteiger partial charge in [-0.2, -0.15) is 0 Å². The Morgan fingerprint density at radius 1 is 1.04 bits per heavy atom. The summed E-state index contributed by atoms with van der Waals surface area (Å²) in [5.41, 5.74) is 0.526. The first-order chi connectivity index (χ1) is 11.2. The highest BCUT2D eigenvalue weighted by atomic mass is 16.6. The van der Waals surface area contributed by atoms with E-state index < -0.39 is 4.92 Å². The third-order valence-electron chi connectivity index (χ3n) is 3.52. The highest BCUT2D eigenvalue weighted by molar-refractivity contribution is 5.43. The average Bonchev–Trinajstić information content (AvgIpc) is 2.51. The Morgan fingerprint density at radius 2 is 1.61 bits per heavy atom. The maximum Gasteiger partial charge on any atom is 0.273 e. The maximum absolute atomic E-state index is 10.7. The lowest BCUT2D eigenvalue weighted by atomic mass is 10.1. The van der Waals surface area contributed by atoms with Gasteiger partial charge in [-0.15, -0.1) is 0 Å². The number of hydrogen-bond donors (Lipinski definition) is 1. The van der Waals surface area contributed by atoms with Gasteiger partial charge in [-0.1, -0.05) is 0 Å². The lowest BCUT2D eigenvalue weighted by Gasteiger charge is -2.23. The van der Waals surface area contributed by atoms with Gasteiger partial charge >= 0.3 is 0 Å². The predicted molar refractivity (Wildman–Crippen MR) is 82.5 cm³/mol. The van der Waals surface area contributed by atoms with E-state index in [4.69, 9.17) is 14.2 Å². The highest BCUT2D eigenvalue weighted by Gasteiger charge is 2.13. The summed E-state index contributed by atoms with van der Waals surface area (Å²) in [5.74, 6) is -0.0689. The van der Waals surface area contributed by atoms with E-state index in [0.29, 0.717) is 64.8 Å². The zero-order valence-corrected chi connectivity index (χ0v) is 13.0. The Balaban J connectivity index is 1.95. The molecule has 1 N–H and O–H groups in total. The van der Waals surface area contributed by atoms with Crippen LogP contribution in [-0.2, 0) is 20.8 Å². The summed E-state index contributed by atoms with van der Waals surface area (Å²) in [5, 5.41) is 20.7. The summed E-state index contributed by atoms with van der Waals surface area (Å²) in [4.78, 5) is 12.3. The molecule has 8 heteroatoms. The molecule has 1 saturated heterocycles. The van der Waals surface area contributed by atoms with Gasteiger partial charge in [-0.3, -0.25) is 15.0 Å². The zero-order valence-electron chi connectivity index (χ0n) is 13.0. The Kier molecular flexibility index (Phi) is 7.21. The van der Waals surface area contributed by atoms with E-state index in [-0.39, 0.29) is 11.4 Å². The van der Waals surface area contributed by atoms with E-state index in [1.165, 1.54) is 12.1 Å². The van der Waals surface area contributed by atoms with Gasteiger partial charge in [0.25, 0.3) is 5.69 Å². The Morgan fingerprint density at radius 3 is 2.13 bits per heavy atom. The molecule has 2 rings (SSSR count). The molecular weight excluding hydrogens is 304 g/mol. The van der Waals surface area contributed by atoms with E-state index in [1.807, 2.05) is 0 Å². The minimum Gasteiger partial charge on any atom is -0.507 e. The molecule has 8 nitrogen and oxygen atoms in total. The quantitative estimate of drug-likeness (QED) is 0.658. The SMILES string of the molecule is O=[N+]([O-])c1ccc(CN2CCOCCOCCOCC2)c(O)c1. The molecule has 1 aliphatic rings. The lowest BCUT2D eigenvalue weighted by Crippen LogP contribution is -2.32. The molecule has 0 atom stereocenters. The van der Waals surface area contributed by atoms with Crippen molar-refractivity contribution in [3.05, 3.63) is 33.9 Å². The molecule has 0 aliphatic carbocycles. The van der Waals surface area contributed by atoms with Crippen LogP contribution < -0.4 is 0 Å². The number of rotatable bonds is 3. The van der Waals surface area contributed by atoms with Gasteiger partial charge in [0.1, 0.15) is 5.75 Å². The molecule has 1 aromatic rings. The summed E-state index contributed by atoms with van der Waals surface area (Å²) in [6.45, 7) is 5.12. The van der Waals surface area contributed by atoms with Crippen molar-refractivity contribution in [1.82, 2.24) is 4.90 Å². The fourth-order valence-electron chi connectivity index (χ4n) is 2.24. The smallest absolute Gasteiger partial charge is 0.273 e. The lowest BCUT2D eigenvalue weighted by molar-refractivity contribution is -0.384. The molecule has 23 heavy (non-hydrogen) atoms. The van der Waals surface area contributed by atoms with Gasteiger partial charge in [0, 0.05) is 31.3 Å². The molecule has 0 bridgehead atoms. The second-order valence-corrected chi connectivity index (χ2v) is 5.18. The number of nitro benzene ring substituents is 1. The molecular formula is C15H22N2O6. The monoisotopic (exact) mass is 326 g/mol. The van der Waals surface area contributed by atoms with Crippen LogP contribution in [0, 0.1) is 10.1 Å².